The number of carbonyl (C=O) groups excluding carboxylic acids is 3. The number of thioether (sulfide) groups is 1. The second-order valence-electron chi connectivity index (χ2n) is 7.10. The summed E-state index contributed by atoms with van der Waals surface area (Å²) in [5, 5.41) is 22.7. The first kappa shape index (κ1) is 28.6. The van der Waals surface area contributed by atoms with Gasteiger partial charge in [0, 0.05) is 6.42 Å². The van der Waals surface area contributed by atoms with Crippen LogP contribution in [0.3, 0.4) is 0 Å². The third-order valence-electron chi connectivity index (χ3n) is 4.35. The van der Waals surface area contributed by atoms with Gasteiger partial charge in [0.05, 0.1) is 6.42 Å². The Kier molecular flexibility index (Phi) is 12.7. The molecule has 0 radical (unpaired) electrons. The number of benzene rings is 1. The summed E-state index contributed by atoms with van der Waals surface area (Å²) in [5.41, 5.74) is 7.69. The molecule has 11 nitrogen and oxygen atoms in total. The Labute approximate surface area is 200 Å². The Hall–Kier alpha value is -2.40. The van der Waals surface area contributed by atoms with Crippen LogP contribution < -0.4 is 20.7 Å². The number of nitrogens with one attached hydrogen (secondary N) is 2. The molecule has 0 aromatic heterocycles. The van der Waals surface area contributed by atoms with Gasteiger partial charge in [-0.3, -0.25) is 14.4 Å². The molecule has 0 saturated carbocycles. The minimum atomic E-state index is -1.99. The average Bonchev–Trinajstić information content (AvgIpc) is 2.75. The Morgan fingerprint density at radius 3 is 2.21 bits per heavy atom. The molecule has 0 spiro atoms. The Morgan fingerprint density at radius 2 is 1.67 bits per heavy atom. The van der Waals surface area contributed by atoms with Crippen LogP contribution in [0.15, 0.2) is 24.3 Å². The summed E-state index contributed by atoms with van der Waals surface area (Å²) in [7, 11) is 0. The van der Waals surface area contributed by atoms with E-state index in [9.17, 15) is 28.1 Å². The number of rotatable bonds is 15. The van der Waals surface area contributed by atoms with E-state index in [2.05, 4.69) is 10.6 Å². The van der Waals surface area contributed by atoms with Crippen LogP contribution in [0.1, 0.15) is 25.7 Å². The zero-order valence-electron chi connectivity index (χ0n) is 18.0. The predicted octanol–water partition coefficient (Wildman–Crippen LogP) is -0.710. The Morgan fingerprint density at radius 1 is 1.03 bits per heavy atom. The number of hydrogen-bond acceptors (Lipinski definition) is 8. The molecule has 0 bridgehead atoms. The van der Waals surface area contributed by atoms with Crippen molar-refractivity contribution in [2.24, 2.45) is 5.73 Å². The summed E-state index contributed by atoms with van der Waals surface area (Å²) in [6.07, 6.45) is -1.03. The molecule has 1 rings (SSSR count). The van der Waals surface area contributed by atoms with Crippen LogP contribution in [-0.4, -0.2) is 82.4 Å². The number of amides is 2. The van der Waals surface area contributed by atoms with Crippen molar-refractivity contribution in [1.82, 2.24) is 5.32 Å². The van der Waals surface area contributed by atoms with Gasteiger partial charge in [0.15, 0.2) is 0 Å². The first-order valence-corrected chi connectivity index (χ1v) is 14.7. The third kappa shape index (κ3) is 11.9. The van der Waals surface area contributed by atoms with Crippen LogP contribution in [0.4, 0.5) is 5.69 Å². The summed E-state index contributed by atoms with van der Waals surface area (Å²) in [6.45, 7) is 0. The summed E-state index contributed by atoms with van der Waals surface area (Å²) in [6, 6.07) is 4.61. The Bertz CT molecular complexity index is 850. The van der Waals surface area contributed by atoms with Gasteiger partial charge in [0.2, 0.25) is 0 Å². The van der Waals surface area contributed by atoms with E-state index in [0.29, 0.717) is 5.69 Å². The molecule has 3 unspecified atom stereocenters. The van der Waals surface area contributed by atoms with Crippen molar-refractivity contribution in [2.75, 3.05) is 16.8 Å². The van der Waals surface area contributed by atoms with Crippen LogP contribution in [0.2, 0.25) is 5.71 Å². The SMILES string of the molecule is C[As](O)c1ccc(NC(=O)CSCC(NC(=O)CCC(N)C(=O)O)C(=O)CCC(=O)O)cc1. The van der Waals surface area contributed by atoms with Crippen molar-refractivity contribution in [2.45, 2.75) is 43.5 Å². The van der Waals surface area contributed by atoms with Crippen molar-refractivity contribution in [3.63, 3.8) is 0 Å². The number of aliphatic carboxylic acids is 2. The molecular weight excluding hydrogens is 517 g/mol. The second kappa shape index (κ2) is 14.7. The van der Waals surface area contributed by atoms with Gasteiger partial charge in [-0.15, -0.1) is 0 Å². The maximum atomic E-state index is 12.4. The van der Waals surface area contributed by atoms with Crippen LogP contribution in [0.5, 0.6) is 0 Å². The number of carbonyl (C=O) groups is 5. The molecular formula is C20H28AsN3O8S. The van der Waals surface area contributed by atoms with Gasteiger partial charge in [0.1, 0.15) is 6.04 Å². The summed E-state index contributed by atoms with van der Waals surface area (Å²) < 4.78 is 10.5. The summed E-state index contributed by atoms with van der Waals surface area (Å²) in [5.74, 6) is -3.81. The molecule has 2 amide bonds. The minimum absolute atomic E-state index is 0.0180. The molecule has 33 heavy (non-hydrogen) atoms. The molecule has 13 heteroatoms. The molecule has 0 aliphatic carbocycles. The number of hydrogen-bond donors (Lipinski definition) is 6. The van der Waals surface area contributed by atoms with E-state index >= 15 is 0 Å². The number of ketones is 1. The van der Waals surface area contributed by atoms with E-state index in [4.69, 9.17) is 15.9 Å². The molecule has 0 aliphatic heterocycles. The molecule has 3 atom stereocenters. The molecule has 0 aliphatic rings. The molecule has 1 aromatic carbocycles. The number of carboxylic acid groups (broad SMARTS) is 2. The molecule has 1 aromatic rings. The third-order valence-corrected chi connectivity index (χ3v) is 7.58. The molecule has 0 saturated heterocycles. The van der Waals surface area contributed by atoms with Crippen molar-refractivity contribution in [3.8, 4) is 0 Å². The Balaban J connectivity index is 2.60. The van der Waals surface area contributed by atoms with Crippen LogP contribution in [0.25, 0.3) is 0 Å². The maximum absolute atomic E-state index is 12.4. The van der Waals surface area contributed by atoms with Crippen molar-refractivity contribution < 1.29 is 38.3 Å². The van der Waals surface area contributed by atoms with E-state index in [0.717, 1.165) is 16.1 Å². The molecule has 0 fully saturated rings. The van der Waals surface area contributed by atoms with Gasteiger partial charge < -0.3 is 15.9 Å². The zero-order chi connectivity index (χ0) is 25.0. The van der Waals surface area contributed by atoms with E-state index in [1.165, 1.54) is 0 Å². The van der Waals surface area contributed by atoms with Crippen molar-refractivity contribution in [3.05, 3.63) is 24.3 Å². The fraction of sp³-hybridized carbons (Fsp3) is 0.450. The number of anilines is 1. The predicted molar refractivity (Wildman–Crippen MR) is 125 cm³/mol. The normalized spacial score (nSPS) is 13.4. The zero-order valence-corrected chi connectivity index (χ0v) is 20.7. The van der Waals surface area contributed by atoms with Gasteiger partial charge >= 0.3 is 145 Å². The van der Waals surface area contributed by atoms with E-state index in [1.54, 1.807) is 30.0 Å². The first-order chi connectivity index (χ1) is 15.5. The second-order valence-corrected chi connectivity index (χ2v) is 11.4. The number of Topliss-reactive ketones (excluding diaryl/α,β-unsaturated/α-hetero) is 1. The fourth-order valence-corrected chi connectivity index (χ4v) is 4.62. The van der Waals surface area contributed by atoms with Crippen LogP contribution >= 0.6 is 11.8 Å². The van der Waals surface area contributed by atoms with E-state index in [-0.39, 0.29) is 36.7 Å². The van der Waals surface area contributed by atoms with Crippen molar-refractivity contribution in [1.29, 1.82) is 0 Å². The molecule has 0 heterocycles. The standard InChI is InChI=1S/C20H28AsN3O8S/c1-21(32)12-2-4-13(5-3-12)23-18(27)11-33-10-15(16(25)7-9-19(28)29)24-17(26)8-6-14(22)20(30)31/h2-5,14-15,32H,6-11,22H2,1H3,(H,23,27)(H,24,26)(H,28,29)(H,30,31). The van der Waals surface area contributed by atoms with Crippen LogP contribution in [0, 0.1) is 0 Å². The van der Waals surface area contributed by atoms with Gasteiger partial charge in [0.25, 0.3) is 0 Å². The van der Waals surface area contributed by atoms with Gasteiger partial charge in [-0.1, -0.05) is 0 Å². The molecule has 7 N–H and O–H groups in total. The van der Waals surface area contributed by atoms with Gasteiger partial charge in [-0.2, -0.15) is 0 Å². The quantitative estimate of drug-likeness (QED) is 0.153. The fourth-order valence-electron chi connectivity index (χ4n) is 2.52. The topological polar surface area (TPSA) is 196 Å². The van der Waals surface area contributed by atoms with Crippen molar-refractivity contribution >= 4 is 66.3 Å². The van der Waals surface area contributed by atoms with Crippen LogP contribution in [-0.2, 0) is 24.0 Å². The van der Waals surface area contributed by atoms with E-state index < -0.39 is 57.1 Å². The number of nitrogens with two attached hydrogens (primary N) is 1. The average molecular weight is 545 g/mol. The van der Waals surface area contributed by atoms with E-state index in [1.807, 2.05) is 0 Å². The van der Waals surface area contributed by atoms with Gasteiger partial charge in [-0.05, 0) is 6.42 Å². The summed E-state index contributed by atoms with van der Waals surface area (Å²) >= 11 is -0.903. The monoisotopic (exact) mass is 545 g/mol. The number of carboxylic acids is 2. The summed E-state index contributed by atoms with van der Waals surface area (Å²) in [4.78, 5) is 58.1. The first-order valence-electron chi connectivity index (χ1n) is 9.92. The van der Waals surface area contributed by atoms with Gasteiger partial charge in [-0.25, -0.2) is 0 Å². The molecule has 182 valence electrons.